The Hall–Kier alpha value is -2.64. The zero-order chi connectivity index (χ0) is 18.2. The van der Waals surface area contributed by atoms with Gasteiger partial charge in [-0.1, -0.05) is 29.8 Å². The highest BCUT2D eigenvalue weighted by Gasteiger charge is 2.17. The van der Waals surface area contributed by atoms with Crippen molar-refractivity contribution in [3.63, 3.8) is 0 Å². The molecule has 1 aromatic heterocycles. The van der Waals surface area contributed by atoms with Crippen molar-refractivity contribution in [1.82, 2.24) is 5.32 Å². The van der Waals surface area contributed by atoms with Crippen LogP contribution in [0.3, 0.4) is 0 Å². The number of hydrogen-bond acceptors (Lipinski definition) is 5. The first-order valence-electron chi connectivity index (χ1n) is 7.30. The molecule has 0 aliphatic carbocycles. The highest BCUT2D eigenvalue weighted by atomic mass is 35.5. The van der Waals surface area contributed by atoms with E-state index in [1.54, 1.807) is 42.6 Å². The molecule has 2 N–H and O–H groups in total. The number of amides is 3. The predicted octanol–water partition coefficient (Wildman–Crippen LogP) is 3.94. The van der Waals surface area contributed by atoms with Crippen molar-refractivity contribution in [3.05, 3.63) is 57.9 Å². The van der Waals surface area contributed by atoms with Gasteiger partial charge in [0.2, 0.25) is 5.91 Å². The summed E-state index contributed by atoms with van der Waals surface area (Å²) in [5, 5.41) is 7.17. The molecule has 8 heteroatoms. The smallest absolute Gasteiger partial charge is 0.414 e. The second kappa shape index (κ2) is 9.00. The van der Waals surface area contributed by atoms with Crippen molar-refractivity contribution in [2.75, 3.05) is 11.9 Å². The average molecular weight is 379 g/mol. The maximum absolute atomic E-state index is 12.0. The van der Waals surface area contributed by atoms with Crippen LogP contribution in [-0.4, -0.2) is 24.5 Å². The van der Waals surface area contributed by atoms with Crippen LogP contribution in [0.5, 0.6) is 0 Å². The van der Waals surface area contributed by atoms with Gasteiger partial charge in [0.15, 0.2) is 0 Å². The van der Waals surface area contributed by atoms with Gasteiger partial charge in [-0.3, -0.25) is 14.9 Å². The van der Waals surface area contributed by atoms with Gasteiger partial charge in [-0.2, -0.15) is 0 Å². The molecule has 0 bridgehead atoms. The minimum atomic E-state index is -0.838. The fraction of sp³-hybridized carbons (Fsp3) is 0.118. The van der Waals surface area contributed by atoms with Crippen LogP contribution in [0.1, 0.15) is 22.8 Å². The molecular weight excluding hydrogens is 364 g/mol. The molecule has 0 spiro atoms. The molecule has 0 aliphatic rings. The van der Waals surface area contributed by atoms with E-state index in [0.29, 0.717) is 15.6 Å². The van der Waals surface area contributed by atoms with Gasteiger partial charge in [0.1, 0.15) is 5.00 Å². The standard InChI is InChI=1S/C17H15ClN2O4S/c1-2-24-17(23)20-15(22)12-9-10-25-16(12)19-14(21)8-7-11-5-3-4-6-13(11)18/h3-10H,2H2,1H3,(H,19,21)(H,20,22,23)/b8-7+. The Morgan fingerprint density at radius 1 is 1.24 bits per heavy atom. The largest absolute Gasteiger partial charge is 0.450 e. The van der Waals surface area contributed by atoms with Gasteiger partial charge in [0.05, 0.1) is 12.2 Å². The van der Waals surface area contributed by atoms with Crippen LogP contribution in [0.2, 0.25) is 5.02 Å². The molecule has 0 radical (unpaired) electrons. The van der Waals surface area contributed by atoms with Crippen molar-refractivity contribution in [2.24, 2.45) is 0 Å². The lowest BCUT2D eigenvalue weighted by atomic mass is 10.2. The molecule has 0 atom stereocenters. The van der Waals surface area contributed by atoms with Crippen molar-refractivity contribution >= 4 is 51.9 Å². The van der Waals surface area contributed by atoms with E-state index in [1.807, 2.05) is 0 Å². The summed E-state index contributed by atoms with van der Waals surface area (Å²) >= 11 is 7.18. The van der Waals surface area contributed by atoms with Crippen LogP contribution in [0.15, 0.2) is 41.8 Å². The van der Waals surface area contributed by atoms with Crippen LogP contribution >= 0.6 is 22.9 Å². The number of halogens is 1. The second-order valence-corrected chi connectivity index (χ2v) is 6.01. The van der Waals surface area contributed by atoms with E-state index in [4.69, 9.17) is 11.6 Å². The lowest BCUT2D eigenvalue weighted by Gasteiger charge is -2.05. The van der Waals surface area contributed by atoms with Crippen LogP contribution in [0.4, 0.5) is 9.80 Å². The summed E-state index contributed by atoms with van der Waals surface area (Å²) in [4.78, 5) is 35.4. The second-order valence-electron chi connectivity index (χ2n) is 4.68. The van der Waals surface area contributed by atoms with Crippen molar-refractivity contribution in [2.45, 2.75) is 6.92 Å². The van der Waals surface area contributed by atoms with Crippen LogP contribution in [0, 0.1) is 0 Å². The molecule has 130 valence electrons. The molecule has 0 unspecified atom stereocenters. The SMILES string of the molecule is CCOC(=O)NC(=O)c1ccsc1NC(=O)/C=C/c1ccccc1Cl. The number of carbonyl (C=O) groups excluding carboxylic acids is 3. The lowest BCUT2D eigenvalue weighted by molar-refractivity contribution is -0.111. The van der Waals surface area contributed by atoms with Crippen LogP contribution < -0.4 is 10.6 Å². The van der Waals surface area contributed by atoms with Gasteiger partial charge in [-0.05, 0) is 36.1 Å². The highest BCUT2D eigenvalue weighted by molar-refractivity contribution is 7.14. The first-order chi connectivity index (χ1) is 12.0. The molecule has 2 aromatic rings. The van der Waals surface area contributed by atoms with E-state index in [2.05, 4.69) is 15.4 Å². The summed E-state index contributed by atoms with van der Waals surface area (Å²) < 4.78 is 4.65. The number of benzene rings is 1. The Morgan fingerprint density at radius 2 is 2.00 bits per heavy atom. The molecule has 1 aromatic carbocycles. The van der Waals surface area contributed by atoms with Gasteiger partial charge < -0.3 is 10.1 Å². The summed E-state index contributed by atoms with van der Waals surface area (Å²) in [7, 11) is 0. The fourth-order valence-electron chi connectivity index (χ4n) is 1.84. The van der Waals surface area contributed by atoms with Crippen molar-refractivity contribution < 1.29 is 19.1 Å². The number of thiophene rings is 1. The number of hydrogen-bond donors (Lipinski definition) is 2. The van der Waals surface area contributed by atoms with Crippen molar-refractivity contribution in [3.8, 4) is 0 Å². The Morgan fingerprint density at radius 3 is 2.72 bits per heavy atom. The average Bonchev–Trinajstić information content (AvgIpc) is 3.02. The summed E-state index contributed by atoms with van der Waals surface area (Å²) in [6, 6.07) is 8.60. The third kappa shape index (κ3) is 5.44. The molecule has 3 amide bonds. The van der Waals surface area contributed by atoms with Crippen LogP contribution in [0.25, 0.3) is 6.08 Å². The molecular formula is C17H15ClN2O4S. The van der Waals surface area contributed by atoms with Gasteiger partial charge in [0.25, 0.3) is 5.91 Å². The Kier molecular flexibility index (Phi) is 6.73. The van der Waals surface area contributed by atoms with Gasteiger partial charge in [-0.25, -0.2) is 4.79 Å². The zero-order valence-electron chi connectivity index (χ0n) is 13.2. The van der Waals surface area contributed by atoms with Crippen LogP contribution in [-0.2, 0) is 9.53 Å². The number of rotatable bonds is 5. The lowest BCUT2D eigenvalue weighted by Crippen LogP contribution is -2.31. The first-order valence-corrected chi connectivity index (χ1v) is 8.56. The molecule has 0 saturated carbocycles. The van der Waals surface area contributed by atoms with E-state index in [0.717, 1.165) is 0 Å². The van der Waals surface area contributed by atoms with E-state index in [1.165, 1.54) is 23.5 Å². The first kappa shape index (κ1) is 18.7. The predicted molar refractivity (Wildman–Crippen MR) is 97.9 cm³/mol. The van der Waals surface area contributed by atoms with Gasteiger partial charge >= 0.3 is 6.09 Å². The third-order valence-corrected chi connectivity index (χ3v) is 4.13. The van der Waals surface area contributed by atoms with E-state index >= 15 is 0 Å². The Labute approximate surface area is 153 Å². The number of carbonyl (C=O) groups is 3. The van der Waals surface area contributed by atoms with E-state index < -0.39 is 17.9 Å². The quantitative estimate of drug-likeness (QED) is 0.772. The Balaban J connectivity index is 2.03. The normalized spacial score (nSPS) is 10.5. The number of nitrogens with one attached hydrogen (secondary N) is 2. The molecule has 2 rings (SSSR count). The molecule has 0 fully saturated rings. The van der Waals surface area contributed by atoms with E-state index in [9.17, 15) is 14.4 Å². The minimum absolute atomic E-state index is 0.152. The topological polar surface area (TPSA) is 84.5 Å². The summed E-state index contributed by atoms with van der Waals surface area (Å²) in [5.74, 6) is -1.07. The molecule has 1 heterocycles. The summed E-state index contributed by atoms with van der Waals surface area (Å²) in [5.41, 5.74) is 0.878. The van der Waals surface area contributed by atoms with Gasteiger partial charge in [-0.15, -0.1) is 11.3 Å². The van der Waals surface area contributed by atoms with Gasteiger partial charge in [0, 0.05) is 11.1 Å². The fourth-order valence-corrected chi connectivity index (χ4v) is 2.83. The number of alkyl carbamates (subject to hydrolysis) is 1. The minimum Gasteiger partial charge on any atom is -0.450 e. The maximum Gasteiger partial charge on any atom is 0.414 e. The number of anilines is 1. The summed E-state index contributed by atoms with van der Waals surface area (Å²) in [6.07, 6.45) is 2.05. The number of ether oxygens (including phenoxy) is 1. The maximum atomic E-state index is 12.0. The Bertz CT molecular complexity index is 816. The molecule has 6 nitrogen and oxygen atoms in total. The number of imide groups is 1. The van der Waals surface area contributed by atoms with Crippen molar-refractivity contribution in [1.29, 1.82) is 0 Å². The van der Waals surface area contributed by atoms with E-state index in [-0.39, 0.29) is 12.2 Å². The highest BCUT2D eigenvalue weighted by Crippen LogP contribution is 2.23. The summed E-state index contributed by atoms with van der Waals surface area (Å²) in [6.45, 7) is 1.78. The molecule has 0 aliphatic heterocycles. The molecule has 25 heavy (non-hydrogen) atoms. The molecule has 0 saturated heterocycles. The monoisotopic (exact) mass is 378 g/mol. The zero-order valence-corrected chi connectivity index (χ0v) is 14.8. The third-order valence-electron chi connectivity index (χ3n) is 2.96.